The molecule has 0 saturated heterocycles. The lowest BCUT2D eigenvalue weighted by molar-refractivity contribution is 0.640. The molecule has 2 atom stereocenters. The van der Waals surface area contributed by atoms with Crippen LogP contribution in [-0.4, -0.2) is 6.04 Å². The first kappa shape index (κ1) is 15.1. The average Bonchev–Trinajstić information content (AvgIpc) is 2.86. The normalized spacial score (nSPS) is 14.3. The second-order valence-corrected chi connectivity index (χ2v) is 8.06. The van der Waals surface area contributed by atoms with Crippen molar-refractivity contribution in [3.8, 4) is 0 Å². The zero-order chi connectivity index (χ0) is 13.7. The van der Waals surface area contributed by atoms with Gasteiger partial charge in [-0.25, -0.2) is 0 Å². The van der Waals surface area contributed by atoms with Gasteiger partial charge in [0.1, 0.15) is 0 Å². The Morgan fingerprint density at radius 1 is 1.21 bits per heavy atom. The Bertz CT molecular complexity index is 498. The van der Waals surface area contributed by atoms with E-state index in [9.17, 15) is 0 Å². The Kier molecular flexibility index (Phi) is 5.95. The molecule has 4 heteroatoms. The molecule has 19 heavy (non-hydrogen) atoms. The van der Waals surface area contributed by atoms with Gasteiger partial charge >= 0.3 is 0 Å². The lowest BCUT2D eigenvalue weighted by atomic mass is 10.1. The first-order chi connectivity index (χ1) is 9.20. The van der Waals surface area contributed by atoms with E-state index < -0.39 is 0 Å². The Labute approximate surface area is 131 Å². The van der Waals surface area contributed by atoms with E-state index in [-0.39, 0.29) is 6.04 Å². The molecule has 2 N–H and O–H groups in total. The number of benzene rings is 1. The third-order valence-corrected chi connectivity index (χ3v) is 6.33. The van der Waals surface area contributed by atoms with Crippen LogP contribution in [0.5, 0.6) is 0 Å². The fraction of sp³-hybridized carbons (Fsp3) is 0.333. The third kappa shape index (κ3) is 4.35. The smallest absolute Gasteiger partial charge is 0.0701 e. The van der Waals surface area contributed by atoms with E-state index >= 15 is 0 Å². The van der Waals surface area contributed by atoms with Crippen molar-refractivity contribution in [3.63, 3.8) is 0 Å². The molecule has 0 aliphatic heterocycles. The second kappa shape index (κ2) is 7.48. The summed E-state index contributed by atoms with van der Waals surface area (Å²) in [6.45, 7) is 2.16. The molecule has 102 valence electrons. The predicted molar refractivity (Wildman–Crippen MR) is 90.8 cm³/mol. The molecule has 0 amide bonds. The van der Waals surface area contributed by atoms with Gasteiger partial charge in [0.2, 0.25) is 0 Å². The molecule has 0 aliphatic rings. The highest BCUT2D eigenvalue weighted by atomic mass is 79.9. The minimum absolute atomic E-state index is 0.208. The van der Waals surface area contributed by atoms with Crippen LogP contribution >= 0.6 is 39.0 Å². The van der Waals surface area contributed by atoms with Crippen LogP contribution in [0.4, 0.5) is 0 Å². The lowest BCUT2D eigenvalue weighted by Gasteiger charge is -2.21. The van der Waals surface area contributed by atoms with Gasteiger partial charge < -0.3 is 5.73 Å². The van der Waals surface area contributed by atoms with Crippen LogP contribution in [-0.2, 0) is 5.75 Å². The van der Waals surface area contributed by atoms with E-state index in [0.717, 1.165) is 12.2 Å². The molecule has 1 nitrogen and oxygen atoms in total. The monoisotopic (exact) mass is 355 g/mol. The van der Waals surface area contributed by atoms with Crippen LogP contribution in [0.2, 0.25) is 0 Å². The predicted octanol–water partition coefficient (Wildman–Crippen LogP) is 5.22. The van der Waals surface area contributed by atoms with E-state index in [1.807, 2.05) is 11.8 Å². The molecule has 0 saturated carbocycles. The maximum atomic E-state index is 6.29. The molecule has 0 aliphatic carbocycles. The number of thiophene rings is 1. The minimum Gasteiger partial charge on any atom is -0.326 e. The standard InChI is InChI=1S/C15H18BrNS2/c1-2-12(17)15(13-8-9-14(16)19-13)18-10-11-6-4-3-5-7-11/h3-9,12,15H,2,10,17H2,1H3. The Morgan fingerprint density at radius 2 is 1.95 bits per heavy atom. The van der Waals surface area contributed by atoms with E-state index in [1.54, 1.807) is 11.3 Å². The molecule has 1 heterocycles. The SMILES string of the molecule is CCC(N)C(SCc1ccccc1)c1ccc(Br)s1. The molecule has 0 bridgehead atoms. The molecule has 1 aromatic heterocycles. The first-order valence-electron chi connectivity index (χ1n) is 6.37. The summed E-state index contributed by atoms with van der Waals surface area (Å²) in [6, 6.07) is 15.1. The summed E-state index contributed by atoms with van der Waals surface area (Å²) in [6.07, 6.45) is 1.00. The van der Waals surface area contributed by atoms with Gasteiger partial charge in [-0.05, 0) is 40.0 Å². The summed E-state index contributed by atoms with van der Waals surface area (Å²) in [4.78, 5) is 1.36. The second-order valence-electron chi connectivity index (χ2n) is 4.43. The lowest BCUT2D eigenvalue weighted by Crippen LogP contribution is -2.25. The molecule has 2 unspecified atom stereocenters. The summed E-state index contributed by atoms with van der Waals surface area (Å²) in [5, 5.41) is 0.376. The van der Waals surface area contributed by atoms with Crippen molar-refractivity contribution in [3.05, 3.63) is 56.7 Å². The van der Waals surface area contributed by atoms with Crippen LogP contribution in [0, 0.1) is 0 Å². The third-order valence-electron chi connectivity index (χ3n) is 3.01. The fourth-order valence-corrected chi connectivity index (χ4v) is 4.95. The number of thioether (sulfide) groups is 1. The molecule has 0 spiro atoms. The number of rotatable bonds is 6. The maximum Gasteiger partial charge on any atom is 0.0701 e. The largest absolute Gasteiger partial charge is 0.326 e. The van der Waals surface area contributed by atoms with Gasteiger partial charge in [-0.3, -0.25) is 0 Å². The summed E-state index contributed by atoms with van der Waals surface area (Å²) < 4.78 is 1.18. The van der Waals surface area contributed by atoms with Crippen molar-refractivity contribution in [2.75, 3.05) is 0 Å². The van der Waals surface area contributed by atoms with E-state index in [4.69, 9.17) is 5.73 Å². The van der Waals surface area contributed by atoms with Gasteiger partial charge in [-0.15, -0.1) is 23.1 Å². The van der Waals surface area contributed by atoms with Crippen LogP contribution in [0.3, 0.4) is 0 Å². The number of nitrogens with two attached hydrogens (primary N) is 1. The highest BCUT2D eigenvalue weighted by Crippen LogP contribution is 2.39. The quantitative estimate of drug-likeness (QED) is 0.768. The molecule has 0 radical (unpaired) electrons. The summed E-state index contributed by atoms with van der Waals surface area (Å²) in [5.74, 6) is 1.01. The van der Waals surface area contributed by atoms with E-state index in [0.29, 0.717) is 5.25 Å². The van der Waals surface area contributed by atoms with Gasteiger partial charge in [0.25, 0.3) is 0 Å². The van der Waals surface area contributed by atoms with Crippen LogP contribution in [0.15, 0.2) is 46.3 Å². The topological polar surface area (TPSA) is 26.0 Å². The molecule has 2 aromatic rings. The van der Waals surface area contributed by atoms with Crippen molar-refractivity contribution < 1.29 is 0 Å². The Hall–Kier alpha value is -0.290. The van der Waals surface area contributed by atoms with Crippen LogP contribution in [0.1, 0.15) is 29.0 Å². The van der Waals surface area contributed by atoms with E-state index in [2.05, 4.69) is 65.3 Å². The zero-order valence-electron chi connectivity index (χ0n) is 10.9. The fourth-order valence-electron chi connectivity index (χ4n) is 1.87. The van der Waals surface area contributed by atoms with Gasteiger partial charge in [-0.1, -0.05) is 37.3 Å². The number of hydrogen-bond acceptors (Lipinski definition) is 3. The van der Waals surface area contributed by atoms with Crippen LogP contribution in [0.25, 0.3) is 0 Å². The van der Waals surface area contributed by atoms with Gasteiger partial charge in [-0.2, -0.15) is 0 Å². The molecule has 1 aromatic carbocycles. The average molecular weight is 356 g/mol. The Balaban J connectivity index is 2.06. The summed E-state index contributed by atoms with van der Waals surface area (Å²) in [7, 11) is 0. The summed E-state index contributed by atoms with van der Waals surface area (Å²) >= 11 is 7.26. The van der Waals surface area contributed by atoms with Crippen molar-refractivity contribution >= 4 is 39.0 Å². The maximum absolute atomic E-state index is 6.29. The Morgan fingerprint density at radius 3 is 2.53 bits per heavy atom. The molecular formula is C15H18BrNS2. The van der Waals surface area contributed by atoms with Gasteiger partial charge in [0, 0.05) is 16.7 Å². The number of hydrogen-bond donors (Lipinski definition) is 1. The number of halogens is 1. The van der Waals surface area contributed by atoms with Gasteiger partial charge in [0.15, 0.2) is 0 Å². The van der Waals surface area contributed by atoms with Gasteiger partial charge in [0.05, 0.1) is 9.04 Å². The van der Waals surface area contributed by atoms with Crippen molar-refractivity contribution in [2.45, 2.75) is 30.4 Å². The van der Waals surface area contributed by atoms with Crippen LogP contribution < -0.4 is 5.73 Å². The van der Waals surface area contributed by atoms with Crippen molar-refractivity contribution in [2.24, 2.45) is 5.73 Å². The first-order valence-corrected chi connectivity index (χ1v) is 9.03. The van der Waals surface area contributed by atoms with Crippen molar-refractivity contribution in [1.82, 2.24) is 0 Å². The van der Waals surface area contributed by atoms with Crippen molar-refractivity contribution in [1.29, 1.82) is 0 Å². The van der Waals surface area contributed by atoms with E-state index in [1.165, 1.54) is 14.2 Å². The molecule has 2 rings (SSSR count). The molecule has 0 fully saturated rings. The highest BCUT2D eigenvalue weighted by molar-refractivity contribution is 9.11. The summed E-state index contributed by atoms with van der Waals surface area (Å²) in [5.41, 5.74) is 7.65. The highest BCUT2D eigenvalue weighted by Gasteiger charge is 2.20. The molecular weight excluding hydrogens is 338 g/mol. The minimum atomic E-state index is 0.208. The zero-order valence-corrected chi connectivity index (χ0v) is 14.1.